The number of fused-ring (bicyclic) bond motifs is 1. The Hall–Kier alpha value is -1.79. The highest BCUT2D eigenvalue weighted by molar-refractivity contribution is 7.15. The van der Waals surface area contributed by atoms with E-state index < -0.39 is 0 Å². The average Bonchev–Trinajstić information content (AvgIpc) is 2.91. The molecule has 0 aliphatic rings. The third-order valence-electron chi connectivity index (χ3n) is 2.40. The fraction of sp³-hybridized carbons (Fsp3) is 0.182. The molecule has 0 saturated heterocycles. The van der Waals surface area contributed by atoms with Crippen LogP contribution in [0.3, 0.4) is 0 Å². The van der Waals surface area contributed by atoms with Crippen LogP contribution in [-0.2, 0) is 13.1 Å². The lowest BCUT2D eigenvalue weighted by Crippen LogP contribution is -2.13. The SMILES string of the molecule is c1cc(CNCc2cn3ccsc3n2)ncn1. The zero-order valence-electron chi connectivity index (χ0n) is 9.08. The highest BCUT2D eigenvalue weighted by Crippen LogP contribution is 2.11. The second-order valence-electron chi connectivity index (χ2n) is 3.63. The molecule has 0 unspecified atom stereocenters. The van der Waals surface area contributed by atoms with Crippen LogP contribution in [0.1, 0.15) is 11.4 Å². The molecule has 3 aromatic heterocycles. The van der Waals surface area contributed by atoms with Crippen molar-refractivity contribution in [1.29, 1.82) is 0 Å². The van der Waals surface area contributed by atoms with Crippen LogP contribution in [0.5, 0.6) is 0 Å². The molecule has 0 atom stereocenters. The maximum atomic E-state index is 4.49. The van der Waals surface area contributed by atoms with E-state index in [0.29, 0.717) is 0 Å². The van der Waals surface area contributed by atoms with Gasteiger partial charge in [-0.05, 0) is 6.07 Å². The van der Waals surface area contributed by atoms with Crippen LogP contribution in [0.4, 0.5) is 0 Å². The Kier molecular flexibility index (Phi) is 2.81. The van der Waals surface area contributed by atoms with Crippen molar-refractivity contribution < 1.29 is 0 Å². The first-order valence-corrected chi connectivity index (χ1v) is 6.16. The lowest BCUT2D eigenvalue weighted by atomic mass is 10.4. The highest BCUT2D eigenvalue weighted by Gasteiger charge is 2.01. The Labute approximate surface area is 102 Å². The summed E-state index contributed by atoms with van der Waals surface area (Å²) < 4.78 is 2.03. The number of nitrogens with zero attached hydrogens (tertiary/aromatic N) is 4. The van der Waals surface area contributed by atoms with Crippen LogP contribution < -0.4 is 5.32 Å². The number of hydrogen-bond acceptors (Lipinski definition) is 5. The van der Waals surface area contributed by atoms with Crippen LogP contribution in [0.15, 0.2) is 36.4 Å². The van der Waals surface area contributed by atoms with Crippen LogP contribution >= 0.6 is 11.3 Å². The highest BCUT2D eigenvalue weighted by atomic mass is 32.1. The van der Waals surface area contributed by atoms with Crippen LogP contribution in [-0.4, -0.2) is 19.4 Å². The van der Waals surface area contributed by atoms with Crippen LogP contribution in [0, 0.1) is 0 Å². The number of aromatic nitrogens is 4. The Morgan fingerprint density at radius 1 is 1.29 bits per heavy atom. The largest absolute Gasteiger partial charge is 0.305 e. The summed E-state index contributed by atoms with van der Waals surface area (Å²) in [5, 5.41) is 5.34. The molecule has 0 aromatic carbocycles. The zero-order valence-corrected chi connectivity index (χ0v) is 9.89. The van der Waals surface area contributed by atoms with Gasteiger partial charge in [0.1, 0.15) is 6.33 Å². The molecular formula is C11H11N5S. The molecule has 3 heterocycles. The van der Waals surface area contributed by atoms with Crippen molar-refractivity contribution in [3.8, 4) is 0 Å². The van der Waals surface area contributed by atoms with E-state index >= 15 is 0 Å². The predicted molar refractivity (Wildman–Crippen MR) is 65.6 cm³/mol. The summed E-state index contributed by atoms with van der Waals surface area (Å²) in [6, 6.07) is 1.90. The normalized spacial score (nSPS) is 11.1. The van der Waals surface area contributed by atoms with Gasteiger partial charge in [0, 0.05) is 37.1 Å². The molecule has 0 aliphatic carbocycles. The van der Waals surface area contributed by atoms with E-state index in [1.54, 1.807) is 23.9 Å². The molecule has 1 N–H and O–H groups in total. The van der Waals surface area contributed by atoms with Crippen molar-refractivity contribution in [2.45, 2.75) is 13.1 Å². The summed E-state index contributed by atoms with van der Waals surface area (Å²) in [5.41, 5.74) is 2.03. The van der Waals surface area contributed by atoms with Crippen LogP contribution in [0.2, 0.25) is 0 Å². The molecule has 0 radical (unpaired) electrons. The van der Waals surface area contributed by atoms with Gasteiger partial charge in [-0.3, -0.25) is 4.40 Å². The lowest BCUT2D eigenvalue weighted by Gasteiger charge is -2.00. The van der Waals surface area contributed by atoms with Gasteiger partial charge in [-0.1, -0.05) is 0 Å². The Morgan fingerprint density at radius 3 is 3.06 bits per heavy atom. The number of rotatable bonds is 4. The average molecular weight is 245 g/mol. The minimum absolute atomic E-state index is 0.730. The number of nitrogens with one attached hydrogen (secondary N) is 1. The van der Waals surface area contributed by atoms with Gasteiger partial charge in [0.15, 0.2) is 4.96 Å². The van der Waals surface area contributed by atoms with E-state index in [1.807, 2.05) is 28.2 Å². The number of thiazole rings is 1. The fourth-order valence-electron chi connectivity index (χ4n) is 1.60. The van der Waals surface area contributed by atoms with E-state index in [9.17, 15) is 0 Å². The second kappa shape index (κ2) is 4.60. The minimum Gasteiger partial charge on any atom is -0.305 e. The van der Waals surface area contributed by atoms with Gasteiger partial charge in [0.25, 0.3) is 0 Å². The van der Waals surface area contributed by atoms with Gasteiger partial charge in [0.05, 0.1) is 11.4 Å². The summed E-state index contributed by atoms with van der Waals surface area (Å²) in [6.45, 7) is 1.48. The maximum Gasteiger partial charge on any atom is 0.193 e. The Morgan fingerprint density at radius 2 is 2.24 bits per heavy atom. The molecular weight excluding hydrogens is 234 g/mol. The number of hydrogen-bond donors (Lipinski definition) is 1. The molecule has 0 amide bonds. The Bertz CT molecular complexity index is 572. The third-order valence-corrected chi connectivity index (χ3v) is 3.17. The van der Waals surface area contributed by atoms with Crippen molar-refractivity contribution in [2.75, 3.05) is 0 Å². The van der Waals surface area contributed by atoms with Gasteiger partial charge in [-0.2, -0.15) is 0 Å². The minimum atomic E-state index is 0.730. The second-order valence-corrected chi connectivity index (χ2v) is 4.50. The van der Waals surface area contributed by atoms with Gasteiger partial charge in [0.2, 0.25) is 0 Å². The van der Waals surface area contributed by atoms with Crippen molar-refractivity contribution in [3.05, 3.63) is 47.8 Å². The first-order valence-electron chi connectivity index (χ1n) is 5.28. The molecule has 5 nitrogen and oxygen atoms in total. The molecule has 6 heteroatoms. The molecule has 0 fully saturated rings. The first-order chi connectivity index (χ1) is 8.42. The smallest absolute Gasteiger partial charge is 0.193 e. The van der Waals surface area contributed by atoms with Crippen molar-refractivity contribution in [2.24, 2.45) is 0 Å². The van der Waals surface area contributed by atoms with E-state index in [4.69, 9.17) is 0 Å². The van der Waals surface area contributed by atoms with E-state index in [-0.39, 0.29) is 0 Å². The summed E-state index contributed by atoms with van der Waals surface area (Å²) in [7, 11) is 0. The quantitative estimate of drug-likeness (QED) is 0.756. The van der Waals surface area contributed by atoms with Crippen LogP contribution in [0.25, 0.3) is 4.96 Å². The molecule has 17 heavy (non-hydrogen) atoms. The number of imidazole rings is 1. The monoisotopic (exact) mass is 245 g/mol. The van der Waals surface area contributed by atoms with E-state index in [2.05, 4.69) is 20.3 Å². The summed E-state index contributed by atoms with van der Waals surface area (Å²) >= 11 is 1.64. The maximum absolute atomic E-state index is 4.49. The molecule has 0 spiro atoms. The fourth-order valence-corrected chi connectivity index (χ4v) is 2.32. The topological polar surface area (TPSA) is 55.1 Å². The zero-order chi connectivity index (χ0) is 11.5. The molecule has 0 aliphatic heterocycles. The molecule has 0 saturated carbocycles. The van der Waals surface area contributed by atoms with Crippen molar-refractivity contribution in [3.63, 3.8) is 0 Å². The van der Waals surface area contributed by atoms with Crippen molar-refractivity contribution in [1.82, 2.24) is 24.7 Å². The third kappa shape index (κ3) is 2.32. The van der Waals surface area contributed by atoms with E-state index in [1.165, 1.54) is 0 Å². The molecule has 0 bridgehead atoms. The van der Waals surface area contributed by atoms with Gasteiger partial charge in [-0.25, -0.2) is 15.0 Å². The van der Waals surface area contributed by atoms with Gasteiger partial charge in [-0.15, -0.1) is 11.3 Å². The van der Waals surface area contributed by atoms with Gasteiger partial charge < -0.3 is 5.32 Å². The van der Waals surface area contributed by atoms with Crippen molar-refractivity contribution >= 4 is 16.3 Å². The predicted octanol–water partition coefficient (Wildman–Crippen LogP) is 1.48. The molecule has 3 aromatic rings. The first kappa shape index (κ1) is 10.4. The summed E-state index contributed by atoms with van der Waals surface area (Å²) in [4.78, 5) is 13.5. The Balaban J connectivity index is 1.59. The standard InChI is InChI=1S/C11H11N5S/c1-2-12-8-14-9(1)5-13-6-10-7-16-3-4-17-11(16)15-10/h1-4,7-8,13H,5-6H2. The van der Waals surface area contributed by atoms with E-state index in [0.717, 1.165) is 29.4 Å². The van der Waals surface area contributed by atoms with Gasteiger partial charge >= 0.3 is 0 Å². The molecule has 3 rings (SSSR count). The lowest BCUT2D eigenvalue weighted by molar-refractivity contribution is 0.668. The summed E-state index contributed by atoms with van der Waals surface area (Å²) in [5.74, 6) is 0. The summed E-state index contributed by atoms with van der Waals surface area (Å²) in [6.07, 6.45) is 7.36. The molecule has 86 valence electrons.